The minimum atomic E-state index is 1.04. The standard InChI is InChI=1S/C6H9N3/c1-3-9-4-2-8-6(9)5-7-1/h2,4-5,7-8H,1,3H2. The molecule has 0 aromatic rings. The highest BCUT2D eigenvalue weighted by atomic mass is 15.3. The van der Waals surface area contributed by atoms with E-state index >= 15 is 0 Å². The smallest absolute Gasteiger partial charge is 0.126 e. The van der Waals surface area contributed by atoms with Crippen molar-refractivity contribution < 1.29 is 0 Å². The molecule has 0 unspecified atom stereocenters. The van der Waals surface area contributed by atoms with Gasteiger partial charge in [-0.3, -0.25) is 0 Å². The molecule has 0 aliphatic carbocycles. The minimum Gasteiger partial charge on any atom is -0.386 e. The van der Waals surface area contributed by atoms with E-state index in [4.69, 9.17) is 0 Å². The molecule has 2 aliphatic rings. The Balaban J connectivity index is 2.22. The predicted octanol–water partition coefficient (Wildman–Crippen LogP) is -0.235. The zero-order valence-electron chi connectivity index (χ0n) is 5.09. The molecule has 0 aromatic carbocycles. The van der Waals surface area contributed by atoms with Crippen LogP contribution in [0.4, 0.5) is 0 Å². The highest BCUT2D eigenvalue weighted by molar-refractivity contribution is 5.13. The van der Waals surface area contributed by atoms with Gasteiger partial charge in [0, 0.05) is 31.7 Å². The molecule has 0 saturated carbocycles. The van der Waals surface area contributed by atoms with E-state index in [2.05, 4.69) is 15.5 Å². The van der Waals surface area contributed by atoms with E-state index < -0.39 is 0 Å². The van der Waals surface area contributed by atoms with Crippen LogP contribution in [0.5, 0.6) is 0 Å². The maximum atomic E-state index is 3.15. The largest absolute Gasteiger partial charge is 0.386 e. The van der Waals surface area contributed by atoms with Gasteiger partial charge in [-0.05, 0) is 0 Å². The Morgan fingerprint density at radius 1 is 1.56 bits per heavy atom. The average Bonchev–Trinajstić information content (AvgIpc) is 2.33. The zero-order chi connectivity index (χ0) is 6.10. The monoisotopic (exact) mass is 123 g/mol. The Morgan fingerprint density at radius 2 is 2.56 bits per heavy atom. The normalized spacial score (nSPS) is 22.2. The van der Waals surface area contributed by atoms with Crippen LogP contribution in [0.3, 0.4) is 0 Å². The van der Waals surface area contributed by atoms with Crippen LogP contribution < -0.4 is 10.6 Å². The van der Waals surface area contributed by atoms with Crippen molar-refractivity contribution in [3.63, 3.8) is 0 Å². The maximum absolute atomic E-state index is 3.15. The molecular weight excluding hydrogens is 114 g/mol. The molecule has 0 saturated heterocycles. The highest BCUT2D eigenvalue weighted by Crippen LogP contribution is 2.08. The number of nitrogens with one attached hydrogen (secondary N) is 2. The second-order valence-corrected chi connectivity index (χ2v) is 2.14. The van der Waals surface area contributed by atoms with Gasteiger partial charge >= 0.3 is 0 Å². The third-order valence-electron chi connectivity index (χ3n) is 1.53. The lowest BCUT2D eigenvalue weighted by Gasteiger charge is -2.22. The lowest BCUT2D eigenvalue weighted by Crippen LogP contribution is -2.32. The highest BCUT2D eigenvalue weighted by Gasteiger charge is 2.12. The number of hydrogen-bond acceptors (Lipinski definition) is 3. The molecule has 48 valence electrons. The van der Waals surface area contributed by atoms with Crippen molar-refractivity contribution in [1.82, 2.24) is 15.5 Å². The molecule has 0 amide bonds. The molecule has 0 fully saturated rings. The van der Waals surface area contributed by atoms with Crippen LogP contribution in [0, 0.1) is 0 Å². The number of nitrogens with zero attached hydrogens (tertiary/aromatic N) is 1. The van der Waals surface area contributed by atoms with E-state index in [9.17, 15) is 0 Å². The molecule has 0 atom stereocenters. The van der Waals surface area contributed by atoms with Gasteiger partial charge in [0.25, 0.3) is 0 Å². The zero-order valence-corrected chi connectivity index (χ0v) is 5.09. The first-order chi connectivity index (χ1) is 4.47. The van der Waals surface area contributed by atoms with Gasteiger partial charge in [-0.1, -0.05) is 0 Å². The maximum Gasteiger partial charge on any atom is 0.126 e. The van der Waals surface area contributed by atoms with E-state index in [1.54, 1.807) is 0 Å². The molecule has 9 heavy (non-hydrogen) atoms. The van der Waals surface area contributed by atoms with E-state index in [0.29, 0.717) is 0 Å². The van der Waals surface area contributed by atoms with Gasteiger partial charge in [0.2, 0.25) is 0 Å². The average molecular weight is 123 g/mol. The minimum absolute atomic E-state index is 1.04. The summed E-state index contributed by atoms with van der Waals surface area (Å²) in [7, 11) is 0. The van der Waals surface area contributed by atoms with Crippen LogP contribution in [0.15, 0.2) is 24.4 Å². The first-order valence-electron chi connectivity index (χ1n) is 3.10. The van der Waals surface area contributed by atoms with Gasteiger partial charge in [-0.15, -0.1) is 0 Å². The molecule has 0 bridgehead atoms. The van der Waals surface area contributed by atoms with E-state index in [0.717, 1.165) is 18.9 Å². The Labute approximate surface area is 54.0 Å². The predicted molar refractivity (Wildman–Crippen MR) is 35.1 cm³/mol. The Hall–Kier alpha value is -1.12. The van der Waals surface area contributed by atoms with Gasteiger partial charge < -0.3 is 15.5 Å². The van der Waals surface area contributed by atoms with E-state index in [-0.39, 0.29) is 0 Å². The van der Waals surface area contributed by atoms with Gasteiger partial charge in [0.1, 0.15) is 5.82 Å². The molecule has 2 N–H and O–H groups in total. The van der Waals surface area contributed by atoms with Crippen LogP contribution >= 0.6 is 0 Å². The molecule has 2 aliphatic heterocycles. The summed E-state index contributed by atoms with van der Waals surface area (Å²) in [5.74, 6) is 1.15. The van der Waals surface area contributed by atoms with Gasteiger partial charge in [0.15, 0.2) is 0 Å². The lowest BCUT2D eigenvalue weighted by atomic mass is 10.4. The summed E-state index contributed by atoms with van der Waals surface area (Å²) in [5.41, 5.74) is 0. The van der Waals surface area contributed by atoms with Crippen LogP contribution in [0.25, 0.3) is 0 Å². The molecule has 0 radical (unpaired) electrons. The Kier molecular flexibility index (Phi) is 0.886. The van der Waals surface area contributed by atoms with Gasteiger partial charge in [-0.25, -0.2) is 0 Å². The van der Waals surface area contributed by atoms with E-state index in [1.807, 2.05) is 18.6 Å². The number of hydrogen-bond donors (Lipinski definition) is 2. The van der Waals surface area contributed by atoms with Gasteiger partial charge in [0.05, 0.1) is 0 Å². The molecule has 2 rings (SSSR count). The first kappa shape index (κ1) is 4.73. The van der Waals surface area contributed by atoms with Gasteiger partial charge in [-0.2, -0.15) is 0 Å². The second kappa shape index (κ2) is 1.69. The number of fused-ring (bicyclic) bond motifs is 1. The summed E-state index contributed by atoms with van der Waals surface area (Å²) in [6.45, 7) is 2.10. The fraction of sp³-hybridized carbons (Fsp3) is 0.333. The molecule has 0 aromatic heterocycles. The van der Waals surface area contributed by atoms with Crippen LogP contribution in [0.2, 0.25) is 0 Å². The summed E-state index contributed by atoms with van der Waals surface area (Å²) < 4.78 is 0. The third kappa shape index (κ3) is 0.650. The van der Waals surface area contributed by atoms with Crippen molar-refractivity contribution in [1.29, 1.82) is 0 Å². The molecule has 3 nitrogen and oxygen atoms in total. The summed E-state index contributed by atoms with van der Waals surface area (Å²) in [6, 6.07) is 0. The van der Waals surface area contributed by atoms with Crippen molar-refractivity contribution in [2.45, 2.75) is 0 Å². The van der Waals surface area contributed by atoms with Crippen molar-refractivity contribution in [3.05, 3.63) is 24.4 Å². The lowest BCUT2D eigenvalue weighted by molar-refractivity contribution is 0.435. The van der Waals surface area contributed by atoms with Crippen LogP contribution in [-0.4, -0.2) is 18.0 Å². The number of rotatable bonds is 0. The van der Waals surface area contributed by atoms with Crippen LogP contribution in [0.1, 0.15) is 0 Å². The summed E-state index contributed by atoms with van der Waals surface area (Å²) >= 11 is 0. The van der Waals surface area contributed by atoms with Crippen LogP contribution in [-0.2, 0) is 0 Å². The topological polar surface area (TPSA) is 27.3 Å². The van der Waals surface area contributed by atoms with Crippen molar-refractivity contribution in [2.24, 2.45) is 0 Å². The Bertz CT molecular complexity index is 171. The molecule has 3 heteroatoms. The SMILES string of the molecule is C1=CN2CCNC=C2N1. The Morgan fingerprint density at radius 3 is 3.44 bits per heavy atom. The third-order valence-corrected chi connectivity index (χ3v) is 1.53. The molecule has 0 spiro atoms. The van der Waals surface area contributed by atoms with Crippen molar-refractivity contribution >= 4 is 0 Å². The summed E-state index contributed by atoms with van der Waals surface area (Å²) in [6.07, 6.45) is 5.98. The fourth-order valence-electron chi connectivity index (χ4n) is 1.05. The molecular formula is C6H9N3. The first-order valence-corrected chi connectivity index (χ1v) is 3.10. The summed E-state index contributed by atoms with van der Waals surface area (Å²) in [4.78, 5) is 2.18. The molecule has 2 heterocycles. The van der Waals surface area contributed by atoms with Crippen molar-refractivity contribution in [2.75, 3.05) is 13.1 Å². The second-order valence-electron chi connectivity index (χ2n) is 2.14. The fourth-order valence-corrected chi connectivity index (χ4v) is 1.05. The van der Waals surface area contributed by atoms with E-state index in [1.165, 1.54) is 0 Å². The summed E-state index contributed by atoms with van der Waals surface area (Å²) in [5, 5.41) is 6.25. The quantitative estimate of drug-likeness (QED) is 0.465. The van der Waals surface area contributed by atoms with Crippen molar-refractivity contribution in [3.8, 4) is 0 Å².